The zero-order valence-corrected chi connectivity index (χ0v) is 16.3. The van der Waals surface area contributed by atoms with Crippen LogP contribution in [0.5, 0.6) is 11.5 Å². The van der Waals surface area contributed by atoms with Gasteiger partial charge in [0, 0.05) is 26.5 Å². The van der Waals surface area contributed by atoms with Crippen LogP contribution in [-0.4, -0.2) is 17.7 Å². The van der Waals surface area contributed by atoms with Crippen LogP contribution >= 0.6 is 22.6 Å². The third-order valence-corrected chi connectivity index (χ3v) is 4.22. The average molecular weight is 525 g/mol. The van der Waals surface area contributed by atoms with Crippen molar-refractivity contribution in [3.05, 3.63) is 64.4 Å². The van der Waals surface area contributed by atoms with Crippen LogP contribution in [0.25, 0.3) is 22.4 Å². The number of nitrogens with zero attached hydrogens (tertiary/aromatic N) is 1. The fourth-order valence-corrected chi connectivity index (χ4v) is 3.09. The first-order valence-corrected chi connectivity index (χ1v) is 8.97. The Balaban J connectivity index is 2.21. The molecule has 1 heterocycles. The van der Waals surface area contributed by atoms with E-state index in [1.165, 1.54) is 48.7 Å². The maximum atomic E-state index is 12.8. The molecule has 29 heavy (non-hydrogen) atoms. The Kier molecular flexibility index (Phi) is 5.92. The van der Waals surface area contributed by atoms with Gasteiger partial charge in [-0.15, -0.1) is 26.3 Å². The van der Waals surface area contributed by atoms with Crippen molar-refractivity contribution in [3.63, 3.8) is 0 Å². The molecule has 3 aromatic rings. The minimum atomic E-state index is -4.95. The van der Waals surface area contributed by atoms with E-state index < -0.39 is 24.2 Å². The van der Waals surface area contributed by atoms with Gasteiger partial charge < -0.3 is 9.47 Å². The highest BCUT2D eigenvalue weighted by molar-refractivity contribution is 14.1. The summed E-state index contributed by atoms with van der Waals surface area (Å²) in [5.74, 6) is -1.02. The molecule has 1 aromatic heterocycles. The van der Waals surface area contributed by atoms with Gasteiger partial charge in [0.1, 0.15) is 11.5 Å². The van der Waals surface area contributed by atoms with Crippen LogP contribution in [0.1, 0.15) is 0 Å². The Morgan fingerprint density at radius 2 is 1.17 bits per heavy atom. The number of ether oxygens (including phenoxy) is 2. The number of rotatable bonds is 4. The number of aromatic nitrogens is 1. The summed E-state index contributed by atoms with van der Waals surface area (Å²) in [5, 5.41) is 0. The Hall–Kier alpha value is -2.50. The number of pyridine rings is 1. The first kappa shape index (κ1) is 21.2. The van der Waals surface area contributed by atoms with Gasteiger partial charge in [0.25, 0.3) is 0 Å². The first-order chi connectivity index (χ1) is 13.5. The number of halogens is 7. The van der Waals surface area contributed by atoms with Gasteiger partial charge in [0.15, 0.2) is 0 Å². The summed E-state index contributed by atoms with van der Waals surface area (Å²) in [5.41, 5.74) is 0.171. The van der Waals surface area contributed by atoms with Crippen molar-refractivity contribution >= 4 is 22.6 Å². The van der Waals surface area contributed by atoms with Gasteiger partial charge in [0.05, 0.1) is 5.69 Å². The molecule has 2 aromatic carbocycles. The van der Waals surface area contributed by atoms with E-state index in [9.17, 15) is 26.3 Å². The molecule has 10 heteroatoms. The molecule has 3 rings (SSSR count). The van der Waals surface area contributed by atoms with E-state index in [1.54, 1.807) is 0 Å². The lowest BCUT2D eigenvalue weighted by Gasteiger charge is -2.18. The van der Waals surface area contributed by atoms with Crippen molar-refractivity contribution in [1.82, 2.24) is 4.98 Å². The lowest BCUT2D eigenvalue weighted by molar-refractivity contribution is -0.275. The second-order valence-electron chi connectivity index (χ2n) is 5.64. The van der Waals surface area contributed by atoms with Crippen molar-refractivity contribution in [2.45, 2.75) is 12.7 Å². The van der Waals surface area contributed by atoms with Gasteiger partial charge in [-0.3, -0.25) is 4.98 Å². The lowest BCUT2D eigenvalue weighted by atomic mass is 9.98. The minimum absolute atomic E-state index is 0.0171. The summed E-state index contributed by atoms with van der Waals surface area (Å²) >= 11 is 1.90. The van der Waals surface area contributed by atoms with Crippen LogP contribution in [0.4, 0.5) is 26.3 Å². The quantitative estimate of drug-likeness (QED) is 0.277. The van der Waals surface area contributed by atoms with Gasteiger partial charge in [-0.1, -0.05) is 30.3 Å². The highest BCUT2D eigenvalue weighted by atomic mass is 127. The maximum Gasteiger partial charge on any atom is 0.573 e. The van der Waals surface area contributed by atoms with Crippen molar-refractivity contribution < 1.29 is 35.8 Å². The number of alkyl halides is 6. The molecule has 0 spiro atoms. The standard InChI is InChI=1S/C19H10F6INO2/c20-18(21,22)28-15-7-3-1-5-12(15)14-9-11(26)10-27-17(14)13-6-2-4-8-16(13)29-19(23,24)25/h1-10H. The molecule has 0 aliphatic rings. The van der Waals surface area contributed by atoms with Gasteiger partial charge in [-0.05, 0) is 46.9 Å². The summed E-state index contributed by atoms with van der Waals surface area (Å²) in [6, 6.07) is 12.1. The zero-order valence-electron chi connectivity index (χ0n) is 14.2. The van der Waals surface area contributed by atoms with E-state index in [0.29, 0.717) is 3.57 Å². The van der Waals surface area contributed by atoms with Crippen LogP contribution in [0.15, 0.2) is 60.8 Å². The molecule has 0 saturated carbocycles. The smallest absolute Gasteiger partial charge is 0.405 e. The van der Waals surface area contributed by atoms with Gasteiger partial charge in [0.2, 0.25) is 0 Å². The molecule has 0 radical (unpaired) electrons. The predicted octanol–water partition coefficient (Wildman–Crippen LogP) is 6.82. The summed E-state index contributed by atoms with van der Waals surface area (Å²) in [6.07, 6.45) is -8.50. The minimum Gasteiger partial charge on any atom is -0.405 e. The first-order valence-electron chi connectivity index (χ1n) is 7.89. The monoisotopic (exact) mass is 525 g/mol. The third kappa shape index (κ3) is 5.52. The molecule has 0 atom stereocenters. The van der Waals surface area contributed by atoms with Crippen molar-refractivity contribution in [3.8, 4) is 33.9 Å². The Bertz CT molecular complexity index is 1020. The number of hydrogen-bond acceptors (Lipinski definition) is 3. The molecule has 3 nitrogen and oxygen atoms in total. The molecule has 0 bridgehead atoms. The van der Waals surface area contributed by atoms with E-state index >= 15 is 0 Å². The number of benzene rings is 2. The van der Waals surface area contributed by atoms with Crippen molar-refractivity contribution in [2.75, 3.05) is 0 Å². The fourth-order valence-electron chi connectivity index (χ4n) is 2.64. The van der Waals surface area contributed by atoms with E-state index in [0.717, 1.165) is 12.1 Å². The third-order valence-electron chi connectivity index (χ3n) is 3.63. The molecule has 0 N–H and O–H groups in total. The molecule has 0 unspecified atom stereocenters. The van der Waals surface area contributed by atoms with Gasteiger partial charge >= 0.3 is 12.7 Å². The van der Waals surface area contributed by atoms with Crippen LogP contribution in [0.3, 0.4) is 0 Å². The van der Waals surface area contributed by atoms with E-state index in [1.807, 2.05) is 22.6 Å². The molecular formula is C19H10F6INO2. The zero-order chi connectivity index (χ0) is 21.2. The number of hydrogen-bond donors (Lipinski definition) is 0. The maximum absolute atomic E-state index is 12.8. The Labute approximate surface area is 174 Å². The SMILES string of the molecule is FC(F)(F)Oc1ccccc1-c1cc(I)cnc1-c1ccccc1OC(F)(F)F. The predicted molar refractivity (Wildman–Crippen MR) is 101 cm³/mol. The molecule has 0 saturated heterocycles. The molecule has 152 valence electrons. The molecule has 0 fully saturated rings. The lowest BCUT2D eigenvalue weighted by Crippen LogP contribution is -2.18. The molecular weight excluding hydrogens is 515 g/mol. The summed E-state index contributed by atoms with van der Waals surface area (Å²) in [6.45, 7) is 0. The topological polar surface area (TPSA) is 31.4 Å². The molecule has 0 aliphatic carbocycles. The average Bonchev–Trinajstić information content (AvgIpc) is 2.60. The summed E-state index contributed by atoms with van der Waals surface area (Å²) < 4.78 is 85.5. The van der Waals surface area contributed by atoms with Crippen LogP contribution in [-0.2, 0) is 0 Å². The second-order valence-corrected chi connectivity index (χ2v) is 6.88. The summed E-state index contributed by atoms with van der Waals surface area (Å²) in [4.78, 5) is 4.16. The highest BCUT2D eigenvalue weighted by Gasteiger charge is 2.34. The van der Waals surface area contributed by atoms with Crippen LogP contribution in [0, 0.1) is 3.57 Å². The van der Waals surface area contributed by atoms with E-state index in [4.69, 9.17) is 0 Å². The Morgan fingerprint density at radius 3 is 1.72 bits per heavy atom. The second kappa shape index (κ2) is 8.09. The van der Waals surface area contributed by atoms with Crippen molar-refractivity contribution in [2.24, 2.45) is 0 Å². The van der Waals surface area contributed by atoms with E-state index in [2.05, 4.69) is 14.5 Å². The van der Waals surface area contributed by atoms with Crippen LogP contribution in [0.2, 0.25) is 0 Å². The summed E-state index contributed by atoms with van der Waals surface area (Å²) in [7, 11) is 0. The highest BCUT2D eigenvalue weighted by Crippen LogP contribution is 2.42. The number of para-hydroxylation sites is 2. The van der Waals surface area contributed by atoms with Gasteiger partial charge in [-0.2, -0.15) is 0 Å². The normalized spacial score (nSPS) is 12.0. The molecule has 0 amide bonds. The van der Waals surface area contributed by atoms with Crippen LogP contribution < -0.4 is 9.47 Å². The van der Waals surface area contributed by atoms with Gasteiger partial charge in [-0.25, -0.2) is 0 Å². The molecule has 0 aliphatic heterocycles. The van der Waals surface area contributed by atoms with Crippen molar-refractivity contribution in [1.29, 1.82) is 0 Å². The van der Waals surface area contributed by atoms with E-state index in [-0.39, 0.29) is 22.4 Å². The fraction of sp³-hybridized carbons (Fsp3) is 0.105. The Morgan fingerprint density at radius 1 is 0.690 bits per heavy atom. The largest absolute Gasteiger partial charge is 0.573 e.